The third-order valence-electron chi connectivity index (χ3n) is 6.93. The van der Waals surface area contributed by atoms with E-state index in [-0.39, 0.29) is 12.3 Å². The van der Waals surface area contributed by atoms with Gasteiger partial charge >= 0.3 is 6.18 Å². The first kappa shape index (κ1) is 17.1. The minimum absolute atomic E-state index is 0.0138. The highest BCUT2D eigenvalue weighted by Gasteiger charge is 2.53. The summed E-state index contributed by atoms with van der Waals surface area (Å²) in [5.41, 5.74) is -0.638. The summed E-state index contributed by atoms with van der Waals surface area (Å²) >= 11 is 0. The number of ketones is 1. The lowest BCUT2D eigenvalue weighted by Crippen LogP contribution is -2.49. The average Bonchev–Trinajstić information content (AvgIpc) is 2.94. The Labute approximate surface area is 146 Å². The molecule has 4 bridgehead atoms. The maximum absolute atomic E-state index is 12.6. The van der Waals surface area contributed by atoms with Crippen LogP contribution in [0.25, 0.3) is 0 Å². The third-order valence-corrected chi connectivity index (χ3v) is 6.93. The number of alkyl halides is 3. The van der Waals surface area contributed by atoms with Crippen molar-refractivity contribution in [2.45, 2.75) is 64.6 Å². The largest absolute Gasteiger partial charge is 0.435 e. The van der Waals surface area contributed by atoms with E-state index in [4.69, 9.17) is 0 Å². The molecule has 0 amide bonds. The molecular formula is C19H25F3N2O. The first-order valence-corrected chi connectivity index (χ1v) is 9.36. The van der Waals surface area contributed by atoms with Gasteiger partial charge in [0.05, 0.1) is 6.54 Å². The van der Waals surface area contributed by atoms with Gasteiger partial charge < -0.3 is 0 Å². The zero-order valence-electron chi connectivity index (χ0n) is 14.6. The number of rotatable bonds is 5. The van der Waals surface area contributed by atoms with E-state index in [1.54, 1.807) is 0 Å². The SMILES string of the molecule is CC(CC(=O)Cn1ccc(C(F)(F)F)n1)C12CC3CC(CC(C3)C1)C2. The molecule has 5 rings (SSSR count). The number of aromatic nitrogens is 2. The highest BCUT2D eigenvalue weighted by molar-refractivity contribution is 5.78. The second-order valence-corrected chi connectivity index (χ2v) is 8.82. The van der Waals surface area contributed by atoms with Crippen LogP contribution in [0, 0.1) is 29.1 Å². The summed E-state index contributed by atoms with van der Waals surface area (Å²) in [6.45, 7) is 2.11. The van der Waals surface area contributed by atoms with Crippen molar-refractivity contribution >= 4 is 5.78 Å². The Bertz CT molecular complexity index is 629. The van der Waals surface area contributed by atoms with Crippen LogP contribution in [0.5, 0.6) is 0 Å². The van der Waals surface area contributed by atoms with Crippen LogP contribution in [-0.2, 0) is 17.5 Å². The van der Waals surface area contributed by atoms with Crippen molar-refractivity contribution in [1.29, 1.82) is 0 Å². The summed E-state index contributed by atoms with van der Waals surface area (Å²) in [6.07, 6.45) is 5.08. The van der Waals surface area contributed by atoms with Gasteiger partial charge in [0, 0.05) is 12.6 Å². The Morgan fingerprint density at radius 2 is 1.80 bits per heavy atom. The van der Waals surface area contributed by atoms with Crippen LogP contribution in [0.3, 0.4) is 0 Å². The topological polar surface area (TPSA) is 34.9 Å². The molecule has 0 aromatic carbocycles. The molecule has 4 saturated carbocycles. The Morgan fingerprint density at radius 3 is 2.28 bits per heavy atom. The fourth-order valence-electron chi connectivity index (χ4n) is 6.19. The quantitative estimate of drug-likeness (QED) is 0.767. The molecule has 4 aliphatic rings. The molecular weight excluding hydrogens is 329 g/mol. The molecule has 4 fully saturated rings. The predicted octanol–water partition coefficient (Wildman–Crippen LogP) is 4.71. The van der Waals surface area contributed by atoms with Gasteiger partial charge in [0.15, 0.2) is 11.5 Å². The lowest BCUT2D eigenvalue weighted by Gasteiger charge is -2.59. The summed E-state index contributed by atoms with van der Waals surface area (Å²) in [5, 5.41) is 3.49. The molecule has 1 unspecified atom stereocenters. The second kappa shape index (κ2) is 5.85. The predicted molar refractivity (Wildman–Crippen MR) is 86.6 cm³/mol. The molecule has 1 aromatic rings. The maximum atomic E-state index is 12.6. The number of nitrogens with zero attached hydrogens (tertiary/aromatic N) is 2. The average molecular weight is 354 g/mol. The van der Waals surface area contributed by atoms with Gasteiger partial charge in [0.2, 0.25) is 0 Å². The fourth-order valence-corrected chi connectivity index (χ4v) is 6.19. The van der Waals surface area contributed by atoms with E-state index in [1.165, 1.54) is 44.7 Å². The van der Waals surface area contributed by atoms with E-state index in [0.29, 0.717) is 17.8 Å². The van der Waals surface area contributed by atoms with Crippen LogP contribution in [0.1, 0.15) is 57.6 Å². The molecule has 4 aliphatic carbocycles. The number of hydrogen-bond acceptors (Lipinski definition) is 2. The molecule has 25 heavy (non-hydrogen) atoms. The number of carbonyl (C=O) groups excluding carboxylic acids is 1. The zero-order chi connectivity index (χ0) is 17.8. The van der Waals surface area contributed by atoms with Gasteiger partial charge in [-0.3, -0.25) is 9.48 Å². The number of halogens is 3. The monoisotopic (exact) mass is 354 g/mol. The summed E-state index contributed by atoms with van der Waals surface area (Å²) in [6, 6.07) is 0.926. The van der Waals surface area contributed by atoms with Gasteiger partial charge in [-0.05, 0) is 73.7 Å². The van der Waals surface area contributed by atoms with Gasteiger partial charge in [-0.2, -0.15) is 18.3 Å². The van der Waals surface area contributed by atoms with Gasteiger partial charge in [-0.25, -0.2) is 0 Å². The van der Waals surface area contributed by atoms with Gasteiger partial charge in [0.25, 0.3) is 0 Å². The van der Waals surface area contributed by atoms with Gasteiger partial charge in [0.1, 0.15) is 0 Å². The standard InChI is InChI=1S/C19H25F3N2O/c1-12(18-8-13-5-14(9-18)7-15(6-13)10-18)4-16(25)11-24-3-2-17(23-24)19(20,21)22/h2-3,12-15H,4-11H2,1H3. The van der Waals surface area contributed by atoms with E-state index < -0.39 is 11.9 Å². The molecule has 138 valence electrons. The maximum Gasteiger partial charge on any atom is 0.435 e. The van der Waals surface area contributed by atoms with Crippen LogP contribution >= 0.6 is 0 Å². The normalized spacial score (nSPS) is 35.1. The van der Waals surface area contributed by atoms with E-state index in [0.717, 1.165) is 28.5 Å². The smallest absolute Gasteiger partial charge is 0.298 e. The van der Waals surface area contributed by atoms with Crippen LogP contribution in [-0.4, -0.2) is 15.6 Å². The lowest BCUT2D eigenvalue weighted by atomic mass is 9.46. The van der Waals surface area contributed by atoms with E-state index in [1.807, 2.05) is 0 Å². The molecule has 1 heterocycles. The molecule has 0 saturated heterocycles. The minimum Gasteiger partial charge on any atom is -0.298 e. The Kier molecular flexibility index (Phi) is 4.00. The van der Waals surface area contributed by atoms with Crippen LogP contribution in [0.15, 0.2) is 12.3 Å². The van der Waals surface area contributed by atoms with E-state index in [2.05, 4.69) is 12.0 Å². The lowest BCUT2D eigenvalue weighted by molar-refractivity contribution is -0.141. The second-order valence-electron chi connectivity index (χ2n) is 8.82. The van der Waals surface area contributed by atoms with Crippen LogP contribution < -0.4 is 0 Å². The summed E-state index contributed by atoms with van der Waals surface area (Å²) in [4.78, 5) is 12.4. The summed E-state index contributed by atoms with van der Waals surface area (Å²) < 4.78 is 39.0. The molecule has 1 atom stereocenters. The van der Waals surface area contributed by atoms with Crippen molar-refractivity contribution in [2.75, 3.05) is 0 Å². The first-order chi connectivity index (χ1) is 11.7. The molecule has 0 N–H and O–H groups in total. The minimum atomic E-state index is -4.46. The Balaban J connectivity index is 1.39. The van der Waals surface area contributed by atoms with Crippen LogP contribution in [0.2, 0.25) is 0 Å². The summed E-state index contributed by atoms with van der Waals surface area (Å²) in [7, 11) is 0. The van der Waals surface area contributed by atoms with Crippen molar-refractivity contribution in [3.63, 3.8) is 0 Å². The van der Waals surface area contributed by atoms with Gasteiger partial charge in [-0.1, -0.05) is 6.92 Å². The number of Topliss-reactive ketones (excluding diaryl/α,β-unsaturated/α-hetero) is 1. The van der Waals surface area contributed by atoms with Gasteiger partial charge in [-0.15, -0.1) is 0 Å². The molecule has 0 aliphatic heterocycles. The molecule has 1 aromatic heterocycles. The molecule has 3 nitrogen and oxygen atoms in total. The van der Waals surface area contributed by atoms with Crippen molar-refractivity contribution in [1.82, 2.24) is 9.78 Å². The Hall–Kier alpha value is -1.33. The Morgan fingerprint density at radius 1 is 1.24 bits per heavy atom. The highest BCUT2D eigenvalue weighted by atomic mass is 19.4. The first-order valence-electron chi connectivity index (χ1n) is 9.36. The summed E-state index contributed by atoms with van der Waals surface area (Å²) in [5.74, 6) is 2.81. The van der Waals surface area contributed by atoms with E-state index >= 15 is 0 Å². The highest BCUT2D eigenvalue weighted by Crippen LogP contribution is 2.63. The van der Waals surface area contributed by atoms with Crippen molar-refractivity contribution in [2.24, 2.45) is 29.1 Å². The number of hydrogen-bond donors (Lipinski definition) is 0. The molecule has 6 heteroatoms. The fraction of sp³-hybridized carbons (Fsp3) is 0.789. The zero-order valence-corrected chi connectivity index (χ0v) is 14.6. The van der Waals surface area contributed by atoms with E-state index in [9.17, 15) is 18.0 Å². The number of carbonyl (C=O) groups is 1. The van der Waals surface area contributed by atoms with Crippen molar-refractivity contribution < 1.29 is 18.0 Å². The van der Waals surface area contributed by atoms with Crippen molar-refractivity contribution in [3.05, 3.63) is 18.0 Å². The molecule has 0 radical (unpaired) electrons. The third kappa shape index (κ3) is 3.24. The van der Waals surface area contributed by atoms with Crippen LogP contribution in [0.4, 0.5) is 13.2 Å². The van der Waals surface area contributed by atoms with Crippen molar-refractivity contribution in [3.8, 4) is 0 Å². The molecule has 0 spiro atoms.